The highest BCUT2D eigenvalue weighted by molar-refractivity contribution is 6.05. The van der Waals surface area contributed by atoms with Crippen molar-refractivity contribution in [1.82, 2.24) is 5.32 Å². The molecule has 1 rings (SSSR count). The number of carbonyl (C=O) groups is 1. The Kier molecular flexibility index (Phi) is 4.88. The molecule has 7 nitrogen and oxygen atoms in total. The van der Waals surface area contributed by atoms with E-state index in [4.69, 9.17) is 20.7 Å². The first-order valence-corrected chi connectivity index (χ1v) is 5.21. The molecule has 7 heteroatoms. The van der Waals surface area contributed by atoms with Gasteiger partial charge in [-0.3, -0.25) is 5.41 Å². The Morgan fingerprint density at radius 3 is 2.68 bits per heavy atom. The van der Waals surface area contributed by atoms with Gasteiger partial charge in [0.2, 0.25) is 0 Å². The minimum absolute atomic E-state index is 0.419. The fourth-order valence-corrected chi connectivity index (χ4v) is 1.27. The number of ether oxygens (including phenoxy) is 1. The van der Waals surface area contributed by atoms with Gasteiger partial charge in [0.25, 0.3) is 0 Å². The van der Waals surface area contributed by atoms with E-state index in [1.54, 1.807) is 30.3 Å². The Bertz CT molecular complexity index is 570. The molecular weight excluding hydrogens is 246 g/mol. The van der Waals surface area contributed by atoms with Crippen molar-refractivity contribution in [3.63, 3.8) is 0 Å². The van der Waals surface area contributed by atoms with Crippen LogP contribution in [0.4, 0.5) is 10.5 Å². The molecule has 19 heavy (non-hydrogen) atoms. The topological polar surface area (TPSA) is 122 Å². The average Bonchev–Trinajstić information content (AvgIpc) is 2.44. The summed E-state index contributed by atoms with van der Waals surface area (Å²) in [5, 5.41) is 29.1. The van der Waals surface area contributed by atoms with Gasteiger partial charge in [-0.1, -0.05) is 12.1 Å². The van der Waals surface area contributed by atoms with E-state index >= 15 is 0 Å². The smallest absolute Gasteiger partial charge is 0.320 e. The van der Waals surface area contributed by atoms with Crippen LogP contribution in [0.15, 0.2) is 24.3 Å². The number of nitrogens with zero attached hydrogens (tertiary/aromatic N) is 2. The second-order valence-corrected chi connectivity index (χ2v) is 3.39. The molecule has 0 saturated heterocycles. The fourth-order valence-electron chi connectivity index (χ4n) is 1.27. The van der Waals surface area contributed by atoms with Crippen LogP contribution >= 0.6 is 0 Å². The third-order valence-electron chi connectivity index (χ3n) is 2.17. The highest BCUT2D eigenvalue weighted by Gasteiger charge is 2.17. The maximum absolute atomic E-state index is 11.6. The molecule has 0 aliphatic rings. The van der Waals surface area contributed by atoms with Crippen LogP contribution in [0.5, 0.6) is 5.75 Å². The lowest BCUT2D eigenvalue weighted by molar-refractivity contribution is 0.252. The average molecular weight is 257 g/mol. The van der Waals surface area contributed by atoms with Crippen molar-refractivity contribution in [2.24, 2.45) is 0 Å². The highest BCUT2D eigenvalue weighted by Crippen LogP contribution is 2.22. The molecule has 0 heterocycles. The lowest BCUT2D eigenvalue weighted by Gasteiger charge is -2.12. The molecule has 2 amide bonds. The summed E-state index contributed by atoms with van der Waals surface area (Å²) < 4.78 is 5.04. The van der Waals surface area contributed by atoms with Gasteiger partial charge in [-0.05, 0) is 12.1 Å². The highest BCUT2D eigenvalue weighted by atomic mass is 16.5. The van der Waals surface area contributed by atoms with Gasteiger partial charge in [-0.2, -0.15) is 10.5 Å². The van der Waals surface area contributed by atoms with Gasteiger partial charge in [0.05, 0.1) is 18.9 Å². The molecular formula is C12H11N5O2. The second kappa shape index (κ2) is 6.62. The summed E-state index contributed by atoms with van der Waals surface area (Å²) in [4.78, 5) is 11.6. The van der Waals surface area contributed by atoms with Crippen molar-refractivity contribution >= 4 is 17.4 Å². The number of hydrogen-bond acceptors (Lipinski definition) is 5. The first-order chi connectivity index (χ1) is 9.12. The Morgan fingerprint density at radius 2 is 2.11 bits per heavy atom. The first-order valence-electron chi connectivity index (χ1n) is 5.21. The van der Waals surface area contributed by atoms with Gasteiger partial charge >= 0.3 is 6.03 Å². The normalized spacial score (nSPS) is 10.5. The zero-order valence-corrected chi connectivity index (χ0v) is 10.1. The third kappa shape index (κ3) is 3.72. The molecule has 0 bridgehead atoms. The van der Waals surface area contributed by atoms with E-state index < -0.39 is 17.8 Å². The molecule has 0 saturated carbocycles. The summed E-state index contributed by atoms with van der Waals surface area (Å²) in [5.74, 6) is 0.460. The zero-order valence-electron chi connectivity index (χ0n) is 10.1. The third-order valence-corrected chi connectivity index (χ3v) is 2.17. The molecule has 0 spiro atoms. The van der Waals surface area contributed by atoms with Crippen LogP contribution in [-0.2, 0) is 0 Å². The standard InChI is InChI=1S/C12H11N5O2/c1-19-11-5-3-2-4-9(11)16-12(18)17-10(7-14)8(15)6-13/h2-5,10,15H,1H3,(H2,16,17,18). The predicted octanol–water partition coefficient (Wildman–Crippen LogP) is 1.25. The zero-order chi connectivity index (χ0) is 14.3. The number of benzene rings is 1. The van der Waals surface area contributed by atoms with Crippen LogP contribution in [0.1, 0.15) is 0 Å². The molecule has 3 N–H and O–H groups in total. The van der Waals surface area contributed by atoms with Gasteiger partial charge in [0.1, 0.15) is 17.5 Å². The van der Waals surface area contributed by atoms with Gasteiger partial charge in [-0.15, -0.1) is 0 Å². The van der Waals surface area contributed by atoms with Crippen LogP contribution < -0.4 is 15.4 Å². The maximum Gasteiger partial charge on any atom is 0.320 e. The molecule has 1 aromatic rings. The number of rotatable bonds is 4. The quantitative estimate of drug-likeness (QED) is 0.702. The molecule has 0 aliphatic carbocycles. The minimum atomic E-state index is -1.28. The molecule has 0 aliphatic heterocycles. The number of nitriles is 2. The van der Waals surface area contributed by atoms with Crippen LogP contribution in [-0.4, -0.2) is 24.9 Å². The lowest BCUT2D eigenvalue weighted by atomic mass is 10.2. The van der Waals surface area contributed by atoms with Crippen molar-refractivity contribution in [2.75, 3.05) is 12.4 Å². The van der Waals surface area contributed by atoms with Crippen LogP contribution in [0.25, 0.3) is 0 Å². The summed E-state index contributed by atoms with van der Waals surface area (Å²) in [6.07, 6.45) is 0. The van der Waals surface area contributed by atoms with Gasteiger partial charge in [0, 0.05) is 0 Å². The first kappa shape index (κ1) is 14.0. The molecule has 96 valence electrons. The number of para-hydroxylation sites is 2. The molecule has 0 radical (unpaired) electrons. The summed E-state index contributed by atoms with van der Waals surface area (Å²) in [7, 11) is 1.46. The van der Waals surface area contributed by atoms with Gasteiger partial charge < -0.3 is 15.4 Å². The number of nitrogens with one attached hydrogen (secondary N) is 3. The van der Waals surface area contributed by atoms with E-state index in [1.807, 2.05) is 0 Å². The number of methoxy groups -OCH3 is 1. The SMILES string of the molecule is COc1ccccc1NC(=O)NC(C#N)C(=N)C#N. The summed E-state index contributed by atoms with van der Waals surface area (Å²) >= 11 is 0. The van der Waals surface area contributed by atoms with Crippen molar-refractivity contribution in [2.45, 2.75) is 6.04 Å². The van der Waals surface area contributed by atoms with Gasteiger partial charge in [0.15, 0.2) is 6.04 Å². The van der Waals surface area contributed by atoms with E-state index in [2.05, 4.69) is 10.6 Å². The van der Waals surface area contributed by atoms with Crippen LogP contribution in [0.2, 0.25) is 0 Å². The van der Waals surface area contributed by atoms with E-state index in [-0.39, 0.29) is 0 Å². The summed E-state index contributed by atoms with van der Waals surface area (Å²) in [6, 6.07) is 7.90. The Morgan fingerprint density at radius 1 is 1.42 bits per heavy atom. The minimum Gasteiger partial charge on any atom is -0.495 e. The Hall–Kier alpha value is -3.06. The maximum atomic E-state index is 11.6. The Balaban J connectivity index is 2.73. The molecule has 1 atom stereocenters. The lowest BCUT2D eigenvalue weighted by Crippen LogP contribution is -2.41. The molecule has 0 fully saturated rings. The van der Waals surface area contributed by atoms with Crippen molar-refractivity contribution in [3.05, 3.63) is 24.3 Å². The molecule has 0 aromatic heterocycles. The number of hydrogen-bond donors (Lipinski definition) is 3. The number of amides is 2. The fraction of sp³-hybridized carbons (Fsp3) is 0.167. The van der Waals surface area contributed by atoms with Crippen molar-refractivity contribution in [3.8, 4) is 17.9 Å². The number of carbonyl (C=O) groups excluding carboxylic acids is 1. The van der Waals surface area contributed by atoms with E-state index in [0.717, 1.165) is 0 Å². The Labute approximate surface area is 109 Å². The largest absolute Gasteiger partial charge is 0.495 e. The summed E-state index contributed by atoms with van der Waals surface area (Å²) in [5.41, 5.74) is -0.111. The summed E-state index contributed by atoms with van der Waals surface area (Å²) in [6.45, 7) is 0. The molecule has 1 aromatic carbocycles. The van der Waals surface area contributed by atoms with Crippen LogP contribution in [0.3, 0.4) is 0 Å². The van der Waals surface area contributed by atoms with E-state index in [0.29, 0.717) is 11.4 Å². The second-order valence-electron chi connectivity index (χ2n) is 3.39. The van der Waals surface area contributed by atoms with Crippen LogP contribution in [0, 0.1) is 28.1 Å². The number of urea groups is 1. The van der Waals surface area contributed by atoms with E-state index in [9.17, 15) is 4.79 Å². The van der Waals surface area contributed by atoms with Crippen molar-refractivity contribution < 1.29 is 9.53 Å². The molecule has 1 unspecified atom stereocenters. The van der Waals surface area contributed by atoms with Crippen molar-refractivity contribution in [1.29, 1.82) is 15.9 Å². The van der Waals surface area contributed by atoms with Gasteiger partial charge in [-0.25, -0.2) is 4.79 Å². The predicted molar refractivity (Wildman–Crippen MR) is 67.9 cm³/mol. The monoisotopic (exact) mass is 257 g/mol. The van der Waals surface area contributed by atoms with E-state index in [1.165, 1.54) is 13.2 Å². The number of anilines is 1.